The summed E-state index contributed by atoms with van der Waals surface area (Å²) in [7, 11) is 0. The van der Waals surface area contributed by atoms with Gasteiger partial charge < -0.3 is 5.11 Å². The minimum Gasteiger partial charge on any atom is -0.512 e. The van der Waals surface area contributed by atoms with E-state index < -0.39 is 5.67 Å². The molecule has 0 aromatic rings. The van der Waals surface area contributed by atoms with Crippen LogP contribution >= 0.6 is 0 Å². The van der Waals surface area contributed by atoms with E-state index in [1.165, 1.54) is 18.2 Å². The van der Waals surface area contributed by atoms with Gasteiger partial charge in [-0.3, -0.25) is 0 Å². The second-order valence-electron chi connectivity index (χ2n) is 2.17. The number of allylic oxidation sites excluding steroid dienone is 4. The molecule has 3 heteroatoms. The van der Waals surface area contributed by atoms with Crippen molar-refractivity contribution in [3.05, 3.63) is 24.0 Å². The number of halogens is 1. The zero-order valence-corrected chi connectivity index (χ0v) is 5.21. The van der Waals surface area contributed by atoms with Gasteiger partial charge >= 0.3 is 0 Å². The predicted molar refractivity (Wildman–Crippen MR) is 33.9 cm³/mol. The zero-order valence-electron chi connectivity index (χ0n) is 5.21. The van der Waals surface area contributed by atoms with Crippen LogP contribution in [-0.4, -0.2) is 10.8 Å². The third-order valence-electron chi connectivity index (χ3n) is 1.27. The fourth-order valence-electron chi connectivity index (χ4n) is 0.770. The van der Waals surface area contributed by atoms with Gasteiger partial charge in [0, 0.05) is 0 Å². The normalized spacial score (nSPS) is 31.0. The summed E-state index contributed by atoms with van der Waals surface area (Å²) in [6, 6.07) is 1.46. The first-order valence-electron chi connectivity index (χ1n) is 2.84. The van der Waals surface area contributed by atoms with Crippen LogP contribution in [0.1, 0.15) is 6.42 Å². The first-order chi connectivity index (χ1) is 4.66. The Morgan fingerprint density at radius 1 is 1.80 bits per heavy atom. The molecule has 0 aromatic heterocycles. The van der Waals surface area contributed by atoms with Gasteiger partial charge in [-0.15, -0.1) is 0 Å². The Bertz CT molecular complexity index is 238. The van der Waals surface area contributed by atoms with Gasteiger partial charge in [0.1, 0.15) is 6.07 Å². The predicted octanol–water partition coefficient (Wildman–Crippen LogP) is 1.62. The van der Waals surface area contributed by atoms with Crippen molar-refractivity contribution in [2.75, 3.05) is 0 Å². The van der Waals surface area contributed by atoms with Crippen molar-refractivity contribution in [3.63, 3.8) is 0 Å². The van der Waals surface area contributed by atoms with E-state index in [1.54, 1.807) is 0 Å². The number of alkyl halides is 1. The molecule has 0 saturated heterocycles. The molecule has 1 N–H and O–H groups in total. The largest absolute Gasteiger partial charge is 0.512 e. The molecule has 1 rings (SSSR count). The molecule has 1 aliphatic carbocycles. The summed E-state index contributed by atoms with van der Waals surface area (Å²) >= 11 is 0. The lowest BCUT2D eigenvalue weighted by Gasteiger charge is -2.14. The maximum atomic E-state index is 12.9. The lowest BCUT2D eigenvalue weighted by Crippen LogP contribution is -2.19. The summed E-state index contributed by atoms with van der Waals surface area (Å²) in [5.41, 5.74) is -2.00. The molecule has 0 amide bonds. The van der Waals surface area contributed by atoms with Crippen molar-refractivity contribution in [1.82, 2.24) is 0 Å². The van der Waals surface area contributed by atoms with E-state index in [0.29, 0.717) is 0 Å². The van der Waals surface area contributed by atoms with Crippen molar-refractivity contribution in [2.45, 2.75) is 12.1 Å². The van der Waals surface area contributed by atoms with Gasteiger partial charge in [0.25, 0.3) is 0 Å². The molecule has 52 valence electrons. The molecular weight excluding hydrogens is 133 g/mol. The number of hydrogen-bond donors (Lipinski definition) is 1. The van der Waals surface area contributed by atoms with E-state index in [2.05, 4.69) is 0 Å². The highest BCUT2D eigenvalue weighted by Gasteiger charge is 2.28. The van der Waals surface area contributed by atoms with Gasteiger partial charge in [0.15, 0.2) is 0 Å². The average Bonchev–Trinajstić information content (AvgIpc) is 1.88. The van der Waals surface area contributed by atoms with Crippen LogP contribution in [0.3, 0.4) is 0 Å². The second kappa shape index (κ2) is 2.14. The summed E-state index contributed by atoms with van der Waals surface area (Å²) in [5.74, 6) is -0.0912. The van der Waals surface area contributed by atoms with Crippen molar-refractivity contribution in [1.29, 1.82) is 5.26 Å². The third kappa shape index (κ3) is 1.16. The quantitative estimate of drug-likeness (QED) is 0.554. The van der Waals surface area contributed by atoms with Crippen LogP contribution in [0.15, 0.2) is 24.0 Å². The molecule has 0 radical (unpaired) electrons. The topological polar surface area (TPSA) is 44.0 Å². The van der Waals surface area contributed by atoms with E-state index in [0.717, 1.165) is 6.08 Å². The van der Waals surface area contributed by atoms with Crippen LogP contribution in [0, 0.1) is 11.3 Å². The summed E-state index contributed by atoms with van der Waals surface area (Å²) in [4.78, 5) is 0. The first kappa shape index (κ1) is 6.81. The molecular formula is C7H6FNO. The average molecular weight is 139 g/mol. The number of aliphatic hydroxyl groups is 1. The fourth-order valence-corrected chi connectivity index (χ4v) is 0.770. The second-order valence-corrected chi connectivity index (χ2v) is 2.17. The molecule has 1 aliphatic rings. The summed E-state index contributed by atoms with van der Waals surface area (Å²) in [6.07, 6.45) is 3.60. The Balaban J connectivity index is 2.84. The highest BCUT2D eigenvalue weighted by molar-refractivity contribution is 5.28. The molecule has 0 aliphatic heterocycles. The van der Waals surface area contributed by atoms with Crippen molar-refractivity contribution < 1.29 is 9.50 Å². The molecule has 1 unspecified atom stereocenters. The van der Waals surface area contributed by atoms with E-state index in [-0.39, 0.29) is 12.2 Å². The SMILES string of the molecule is N#CC1(F)C=CC=C(O)C1. The maximum Gasteiger partial charge on any atom is 0.221 e. The summed E-state index contributed by atoms with van der Waals surface area (Å²) in [5, 5.41) is 17.0. The molecule has 10 heavy (non-hydrogen) atoms. The van der Waals surface area contributed by atoms with Gasteiger partial charge in [-0.2, -0.15) is 5.26 Å². The van der Waals surface area contributed by atoms with Crippen LogP contribution in [0.4, 0.5) is 4.39 Å². The highest BCUT2D eigenvalue weighted by atomic mass is 19.1. The van der Waals surface area contributed by atoms with E-state index in [1.807, 2.05) is 0 Å². The molecule has 0 heterocycles. The molecule has 0 aromatic carbocycles. The van der Waals surface area contributed by atoms with Crippen molar-refractivity contribution in [3.8, 4) is 6.07 Å². The van der Waals surface area contributed by atoms with Crippen molar-refractivity contribution in [2.24, 2.45) is 0 Å². The lowest BCUT2D eigenvalue weighted by atomic mass is 9.98. The Morgan fingerprint density at radius 3 is 2.90 bits per heavy atom. The summed E-state index contributed by atoms with van der Waals surface area (Å²) in [6.45, 7) is 0. The third-order valence-corrected chi connectivity index (χ3v) is 1.27. The van der Waals surface area contributed by atoms with Gasteiger partial charge in [0.05, 0.1) is 12.2 Å². The van der Waals surface area contributed by atoms with Crippen LogP contribution in [0.25, 0.3) is 0 Å². The van der Waals surface area contributed by atoms with Gasteiger partial charge in [0.2, 0.25) is 5.67 Å². The maximum absolute atomic E-state index is 12.9. The number of hydrogen-bond acceptors (Lipinski definition) is 2. The van der Waals surface area contributed by atoms with Gasteiger partial charge in [-0.25, -0.2) is 4.39 Å². The Labute approximate surface area is 57.9 Å². The minimum absolute atomic E-state index is 0.0912. The molecule has 0 saturated carbocycles. The van der Waals surface area contributed by atoms with Gasteiger partial charge in [-0.05, 0) is 12.2 Å². The highest BCUT2D eigenvalue weighted by Crippen LogP contribution is 2.24. The molecule has 0 fully saturated rings. The Morgan fingerprint density at radius 2 is 2.50 bits per heavy atom. The monoisotopic (exact) mass is 139 g/mol. The Hall–Kier alpha value is -1.30. The van der Waals surface area contributed by atoms with E-state index >= 15 is 0 Å². The standard InChI is InChI=1S/C7H6FNO/c8-7(5-9)3-1-2-6(10)4-7/h1-3,10H,4H2. The molecule has 2 nitrogen and oxygen atoms in total. The van der Waals surface area contributed by atoms with Gasteiger partial charge in [-0.1, -0.05) is 6.08 Å². The molecule has 1 atom stereocenters. The molecule has 0 bridgehead atoms. The fraction of sp³-hybridized carbons (Fsp3) is 0.286. The number of nitriles is 1. The number of aliphatic hydroxyl groups excluding tert-OH is 1. The lowest BCUT2D eigenvalue weighted by molar-refractivity contribution is 0.257. The van der Waals surface area contributed by atoms with Crippen LogP contribution < -0.4 is 0 Å². The summed E-state index contributed by atoms with van der Waals surface area (Å²) < 4.78 is 12.9. The van der Waals surface area contributed by atoms with Crippen LogP contribution in [0.5, 0.6) is 0 Å². The smallest absolute Gasteiger partial charge is 0.221 e. The Kier molecular flexibility index (Phi) is 1.46. The van der Waals surface area contributed by atoms with Crippen LogP contribution in [0.2, 0.25) is 0 Å². The van der Waals surface area contributed by atoms with E-state index in [9.17, 15) is 4.39 Å². The van der Waals surface area contributed by atoms with Crippen molar-refractivity contribution >= 4 is 0 Å². The first-order valence-corrected chi connectivity index (χ1v) is 2.84. The zero-order chi connectivity index (χ0) is 7.61. The number of rotatable bonds is 0. The number of nitrogens with zero attached hydrogens (tertiary/aromatic N) is 1. The van der Waals surface area contributed by atoms with Crippen LogP contribution in [-0.2, 0) is 0 Å². The van der Waals surface area contributed by atoms with E-state index in [4.69, 9.17) is 10.4 Å². The molecule has 0 spiro atoms. The minimum atomic E-state index is -2.00.